The van der Waals surface area contributed by atoms with Crippen LogP contribution in [0.3, 0.4) is 0 Å². The second-order valence-electron chi connectivity index (χ2n) is 15.2. The summed E-state index contributed by atoms with van der Waals surface area (Å²) in [5, 5.41) is 0. The fraction of sp³-hybridized carbons (Fsp3) is 0.333. The van der Waals surface area contributed by atoms with Gasteiger partial charge in [0.05, 0.1) is 0 Å². The molecule has 0 unspecified atom stereocenters. The van der Waals surface area contributed by atoms with Crippen molar-refractivity contribution in [2.75, 3.05) is 0 Å². The van der Waals surface area contributed by atoms with Crippen molar-refractivity contribution >= 4 is 3.21 Å². The number of benzene rings is 4. The predicted molar refractivity (Wildman–Crippen MR) is 197 cm³/mol. The largest absolute Gasteiger partial charge is 1.00 e. The summed E-state index contributed by atoms with van der Waals surface area (Å²) in [5.41, 5.74) is 14.3. The Bertz CT molecular complexity index is 1580. The van der Waals surface area contributed by atoms with Gasteiger partial charge in [-0.2, -0.15) is 47.5 Å². The monoisotopic (exact) mass is 752 g/mol. The molecule has 0 amide bonds. The SMILES string of the molecule is CC(C)(C)c1c[c-]c2c(c1)-c1cc(C(C)(C)C)ccc1C2.CC(C)c1ccc([C](=[Zr+2])c2ccc(C(C)C)cc2)cc1.[Cl-].[Cl-].c1cc[cH-]c1. The van der Waals surface area contributed by atoms with Crippen molar-refractivity contribution in [2.24, 2.45) is 0 Å². The standard InChI is InChI=1S/C21H25.C19H22.C5H5.2ClH.Zr/c1-20(2,3)16-9-7-14-11-15-8-10-17(21(4,5)6)13-19(15)18(14)12-16;1-14(2)18-9-5-16(6-10-18)13-17-7-11-19(12-8-17)15(3)4;1-2-4-5-3-1;;;/h7,9-10,12-13H,11H2,1-6H3;5-12,14-15H,1-4H3;1-5H;2*1H;/q-1;;-1;;;+2/p-2. The molecule has 48 heavy (non-hydrogen) atoms. The van der Waals surface area contributed by atoms with E-state index < -0.39 is 0 Å². The van der Waals surface area contributed by atoms with Crippen LogP contribution in [0.5, 0.6) is 0 Å². The van der Waals surface area contributed by atoms with Crippen LogP contribution in [0.25, 0.3) is 11.1 Å². The first kappa shape index (κ1) is 41.7. The molecule has 1 aliphatic carbocycles. The molecule has 0 saturated heterocycles. The summed E-state index contributed by atoms with van der Waals surface area (Å²) in [5.74, 6) is 1.20. The van der Waals surface area contributed by atoms with E-state index in [0.717, 1.165) is 6.42 Å². The Morgan fingerprint density at radius 1 is 0.646 bits per heavy atom. The molecule has 252 valence electrons. The van der Waals surface area contributed by atoms with Crippen molar-refractivity contribution in [3.63, 3.8) is 0 Å². The van der Waals surface area contributed by atoms with Crippen LogP contribution in [-0.2, 0) is 41.5 Å². The zero-order chi connectivity index (χ0) is 33.6. The first-order chi connectivity index (χ1) is 21.6. The minimum atomic E-state index is 0. The third kappa shape index (κ3) is 11.0. The normalized spacial score (nSPS) is 11.6. The van der Waals surface area contributed by atoms with E-state index in [1.54, 1.807) is 0 Å². The zero-order valence-corrected chi connectivity index (χ0v) is 34.5. The molecule has 0 heterocycles. The molecule has 0 radical (unpaired) electrons. The van der Waals surface area contributed by atoms with E-state index in [4.69, 9.17) is 0 Å². The van der Waals surface area contributed by atoms with Crippen LogP contribution in [0.4, 0.5) is 0 Å². The fourth-order valence-electron chi connectivity index (χ4n) is 5.54. The van der Waals surface area contributed by atoms with Crippen molar-refractivity contribution in [3.05, 3.63) is 160 Å². The number of halogens is 2. The molecule has 0 N–H and O–H groups in total. The first-order valence-electron chi connectivity index (χ1n) is 16.8. The molecular weight excluding hydrogens is 703 g/mol. The maximum atomic E-state index is 3.53. The second kappa shape index (κ2) is 18.0. The molecule has 3 heteroatoms. The summed E-state index contributed by atoms with van der Waals surface area (Å²) >= 11 is 1.47. The van der Waals surface area contributed by atoms with Crippen molar-refractivity contribution < 1.29 is 49.0 Å². The van der Waals surface area contributed by atoms with Gasteiger partial charge in [0.25, 0.3) is 0 Å². The number of rotatable bonds is 4. The maximum absolute atomic E-state index is 3.53. The van der Waals surface area contributed by atoms with Crippen LogP contribution in [-0.4, -0.2) is 3.21 Å². The van der Waals surface area contributed by atoms with Crippen LogP contribution in [0, 0.1) is 6.07 Å². The van der Waals surface area contributed by atoms with Crippen LogP contribution in [0.1, 0.15) is 126 Å². The molecule has 0 aromatic heterocycles. The first-order valence-corrected chi connectivity index (χ1v) is 18.0. The number of fused-ring (bicyclic) bond motifs is 3. The molecule has 0 atom stereocenters. The average Bonchev–Trinajstić information content (AvgIpc) is 3.72. The minimum Gasteiger partial charge on any atom is -1.00 e. The van der Waals surface area contributed by atoms with Gasteiger partial charge in [0, 0.05) is 0 Å². The molecule has 0 spiro atoms. The summed E-state index contributed by atoms with van der Waals surface area (Å²) in [7, 11) is 0. The summed E-state index contributed by atoms with van der Waals surface area (Å²) in [6, 6.07) is 43.1. The van der Waals surface area contributed by atoms with E-state index in [1.165, 1.54) is 83.1 Å². The number of hydrogen-bond donors (Lipinski definition) is 0. The molecule has 0 aliphatic heterocycles. The summed E-state index contributed by atoms with van der Waals surface area (Å²) in [6.45, 7) is 22.6. The molecule has 0 bridgehead atoms. The summed E-state index contributed by atoms with van der Waals surface area (Å²) in [6.07, 6.45) is 1.03. The van der Waals surface area contributed by atoms with Gasteiger partial charge in [-0.3, -0.25) is 0 Å². The van der Waals surface area contributed by atoms with Gasteiger partial charge in [0.15, 0.2) is 0 Å². The van der Waals surface area contributed by atoms with Crippen molar-refractivity contribution in [3.8, 4) is 11.1 Å². The Hall–Kier alpha value is -2.44. The van der Waals surface area contributed by atoms with Gasteiger partial charge in [0.2, 0.25) is 0 Å². The molecular formula is C45H52Cl2Zr-2. The molecule has 6 rings (SSSR count). The molecule has 5 aromatic carbocycles. The Morgan fingerprint density at radius 2 is 1.10 bits per heavy atom. The number of hydrogen-bond acceptors (Lipinski definition) is 0. The third-order valence-corrected chi connectivity index (χ3v) is 10.2. The Morgan fingerprint density at radius 3 is 1.50 bits per heavy atom. The molecule has 0 saturated carbocycles. The smallest absolute Gasteiger partial charge is 0.172 e. The van der Waals surface area contributed by atoms with Crippen LogP contribution >= 0.6 is 0 Å². The van der Waals surface area contributed by atoms with Gasteiger partial charge in [-0.25, -0.2) is 12.1 Å². The van der Waals surface area contributed by atoms with E-state index in [2.05, 4.69) is 154 Å². The quantitative estimate of drug-likeness (QED) is 0.191. The van der Waals surface area contributed by atoms with Gasteiger partial charge in [-0.05, 0) is 17.4 Å². The second-order valence-corrected chi connectivity index (χ2v) is 16.4. The van der Waals surface area contributed by atoms with Crippen LogP contribution in [0.2, 0.25) is 0 Å². The molecule has 0 fully saturated rings. The molecule has 5 aromatic rings. The van der Waals surface area contributed by atoms with Gasteiger partial charge in [0.1, 0.15) is 0 Å². The summed E-state index contributed by atoms with van der Waals surface area (Å²) in [4.78, 5) is 0. The predicted octanol–water partition coefficient (Wildman–Crippen LogP) is 6.12. The Labute approximate surface area is 319 Å². The van der Waals surface area contributed by atoms with Crippen molar-refractivity contribution in [2.45, 2.75) is 98.3 Å². The van der Waals surface area contributed by atoms with E-state index in [-0.39, 0.29) is 35.6 Å². The van der Waals surface area contributed by atoms with E-state index >= 15 is 0 Å². The Balaban J connectivity index is 0.000000281. The van der Waals surface area contributed by atoms with E-state index in [9.17, 15) is 0 Å². The topological polar surface area (TPSA) is 0 Å². The maximum Gasteiger partial charge on any atom is -0.172 e. The van der Waals surface area contributed by atoms with E-state index in [1.807, 2.05) is 30.3 Å². The fourth-order valence-corrected chi connectivity index (χ4v) is 6.36. The van der Waals surface area contributed by atoms with Crippen molar-refractivity contribution in [1.82, 2.24) is 0 Å². The third-order valence-electron chi connectivity index (χ3n) is 8.81. The van der Waals surface area contributed by atoms with Gasteiger partial charge >= 0.3 is 138 Å². The van der Waals surface area contributed by atoms with Gasteiger partial charge < -0.3 is 24.8 Å². The average molecular weight is 755 g/mol. The Kier molecular flexibility index (Phi) is 15.6. The minimum absolute atomic E-state index is 0. The summed E-state index contributed by atoms with van der Waals surface area (Å²) < 4.78 is 1.43. The van der Waals surface area contributed by atoms with Gasteiger partial charge in [-0.1, -0.05) is 76.3 Å². The van der Waals surface area contributed by atoms with Gasteiger partial charge in [-0.15, -0.1) is 5.56 Å². The van der Waals surface area contributed by atoms with Crippen LogP contribution < -0.4 is 24.8 Å². The molecule has 0 nitrogen and oxygen atoms in total. The van der Waals surface area contributed by atoms with Crippen LogP contribution in [0.15, 0.2) is 109 Å². The van der Waals surface area contributed by atoms with Crippen molar-refractivity contribution in [1.29, 1.82) is 0 Å². The molecule has 1 aliphatic rings. The zero-order valence-electron chi connectivity index (χ0n) is 30.5. The van der Waals surface area contributed by atoms with E-state index in [0.29, 0.717) is 11.8 Å².